The quantitative estimate of drug-likeness (QED) is 0.334. The van der Waals surface area contributed by atoms with E-state index >= 15 is 0 Å². The topological polar surface area (TPSA) is 60.4 Å². The minimum Gasteiger partial charge on any atom is -0.377 e. The number of fused-ring (bicyclic) bond motifs is 2. The number of rotatable bonds is 4. The summed E-state index contributed by atoms with van der Waals surface area (Å²) in [4.78, 5) is 24.2. The zero-order chi connectivity index (χ0) is 20.6. The summed E-state index contributed by atoms with van der Waals surface area (Å²) in [6.45, 7) is 10.1. The molecule has 3 heterocycles. The van der Waals surface area contributed by atoms with Gasteiger partial charge in [0.05, 0.1) is 12.6 Å². The second-order valence-corrected chi connectivity index (χ2v) is 9.96. The molecule has 5 fully saturated rings. The number of guanidine groups is 1. The van der Waals surface area contributed by atoms with Crippen LogP contribution in [-0.4, -0.2) is 97.7 Å². The molecule has 176 valence electrons. The van der Waals surface area contributed by atoms with Crippen molar-refractivity contribution in [3.8, 4) is 0 Å². The number of likely N-dealkylation sites (tertiary alicyclic amines) is 1. The number of hydrogen-bond donors (Lipinski definition) is 1. The van der Waals surface area contributed by atoms with Crippen molar-refractivity contribution >= 4 is 35.8 Å². The molecule has 3 atom stereocenters. The number of nitrogens with one attached hydrogen (secondary N) is 1. The van der Waals surface area contributed by atoms with Gasteiger partial charge in [-0.1, -0.05) is 12.8 Å². The number of carbonyl (C=O) groups excluding carboxylic acids is 1. The average molecular weight is 546 g/mol. The van der Waals surface area contributed by atoms with E-state index in [1.165, 1.54) is 32.1 Å². The van der Waals surface area contributed by atoms with Gasteiger partial charge in [0.15, 0.2) is 5.96 Å². The molecule has 0 radical (unpaired) electrons. The van der Waals surface area contributed by atoms with Gasteiger partial charge >= 0.3 is 0 Å². The van der Waals surface area contributed by atoms with Crippen LogP contribution in [0.4, 0.5) is 0 Å². The second-order valence-electron chi connectivity index (χ2n) is 9.96. The van der Waals surface area contributed by atoms with Crippen LogP contribution in [0.25, 0.3) is 0 Å². The molecule has 8 heteroatoms. The molecule has 0 aromatic carbocycles. The number of nitrogens with zero attached hydrogens (tertiary/aromatic N) is 4. The summed E-state index contributed by atoms with van der Waals surface area (Å²) < 4.78 is 6.16. The number of hydrogen-bond acceptors (Lipinski definition) is 4. The maximum Gasteiger partial charge on any atom is 0.236 e. The molecule has 7 nitrogen and oxygen atoms in total. The largest absolute Gasteiger partial charge is 0.377 e. The van der Waals surface area contributed by atoms with Crippen LogP contribution < -0.4 is 5.32 Å². The fraction of sp³-hybridized carbons (Fsp3) is 0.913. The standard InChI is InChI=1S/C23H39N5O2.HI/c1-2-24-22(25-20-18-7-16-30-21(18)23(20)8-3-4-9-23)28-14-12-26(13-15-28)17-19(29)27-10-5-6-11-27;/h18,20-21H,2-17H2,1H3,(H,24,25);1H. The monoisotopic (exact) mass is 545 g/mol. The minimum absolute atomic E-state index is 0. The van der Waals surface area contributed by atoms with Gasteiger partial charge in [-0.15, -0.1) is 24.0 Å². The fourth-order valence-corrected chi connectivity index (χ4v) is 6.81. The summed E-state index contributed by atoms with van der Waals surface area (Å²) in [6.07, 6.45) is 9.29. The molecule has 1 N–H and O–H groups in total. The SMILES string of the molecule is CCN=C(NC1C2CCOC2C12CCCC2)N1CCN(CC(=O)N2CCCC2)CC1.I. The van der Waals surface area contributed by atoms with E-state index in [1.807, 2.05) is 4.90 Å². The fourth-order valence-electron chi connectivity index (χ4n) is 6.81. The Morgan fingerprint density at radius 2 is 1.74 bits per heavy atom. The Bertz CT molecular complexity index is 654. The number of halogens is 1. The average Bonchev–Trinajstić information content (AvgIpc) is 3.52. The summed E-state index contributed by atoms with van der Waals surface area (Å²) in [6, 6.07) is 0.521. The molecule has 2 saturated carbocycles. The van der Waals surface area contributed by atoms with Crippen LogP contribution >= 0.6 is 24.0 Å². The lowest BCUT2D eigenvalue weighted by atomic mass is 9.54. The Hall–Kier alpha value is -0.610. The molecule has 0 bridgehead atoms. The van der Waals surface area contributed by atoms with Crippen molar-refractivity contribution in [2.45, 2.75) is 64.0 Å². The molecule has 3 unspecified atom stereocenters. The van der Waals surface area contributed by atoms with E-state index in [0.717, 1.165) is 71.2 Å². The van der Waals surface area contributed by atoms with E-state index in [1.54, 1.807) is 0 Å². The normalized spacial score (nSPS) is 32.7. The Morgan fingerprint density at radius 1 is 1.03 bits per heavy atom. The molecule has 2 aliphatic carbocycles. The van der Waals surface area contributed by atoms with Crippen molar-refractivity contribution < 1.29 is 9.53 Å². The zero-order valence-electron chi connectivity index (χ0n) is 19.1. The Morgan fingerprint density at radius 3 is 2.42 bits per heavy atom. The van der Waals surface area contributed by atoms with Crippen LogP contribution in [0, 0.1) is 11.3 Å². The van der Waals surface area contributed by atoms with E-state index in [-0.39, 0.29) is 24.0 Å². The highest BCUT2D eigenvalue weighted by molar-refractivity contribution is 14.0. The maximum absolute atomic E-state index is 12.5. The first-order chi connectivity index (χ1) is 14.7. The lowest BCUT2D eigenvalue weighted by molar-refractivity contribution is -0.131. The highest BCUT2D eigenvalue weighted by atomic mass is 127. The van der Waals surface area contributed by atoms with Gasteiger partial charge in [-0.05, 0) is 39.0 Å². The van der Waals surface area contributed by atoms with E-state index in [0.29, 0.717) is 35.9 Å². The van der Waals surface area contributed by atoms with Crippen LogP contribution in [0.15, 0.2) is 4.99 Å². The summed E-state index contributed by atoms with van der Waals surface area (Å²) in [5.41, 5.74) is 0.347. The summed E-state index contributed by atoms with van der Waals surface area (Å²) in [7, 11) is 0. The van der Waals surface area contributed by atoms with Crippen molar-refractivity contribution in [2.75, 3.05) is 59.0 Å². The van der Waals surface area contributed by atoms with Gasteiger partial charge < -0.3 is 19.9 Å². The number of piperazine rings is 1. The van der Waals surface area contributed by atoms with Crippen molar-refractivity contribution in [3.05, 3.63) is 0 Å². The molecule has 0 aromatic rings. The molecule has 3 aliphatic heterocycles. The predicted octanol–water partition coefficient (Wildman–Crippen LogP) is 2.16. The minimum atomic E-state index is 0. The van der Waals surface area contributed by atoms with Crippen LogP contribution in [0.2, 0.25) is 0 Å². The molecule has 5 aliphatic rings. The van der Waals surface area contributed by atoms with Gasteiger partial charge in [0.1, 0.15) is 0 Å². The van der Waals surface area contributed by atoms with E-state index in [2.05, 4.69) is 22.0 Å². The van der Waals surface area contributed by atoms with Gasteiger partial charge in [-0.25, -0.2) is 0 Å². The van der Waals surface area contributed by atoms with Crippen molar-refractivity contribution in [2.24, 2.45) is 16.3 Å². The summed E-state index contributed by atoms with van der Waals surface area (Å²) in [5.74, 6) is 2.06. The molecule has 1 amide bonds. The van der Waals surface area contributed by atoms with Gasteiger partial charge in [-0.2, -0.15) is 0 Å². The molecular weight excluding hydrogens is 505 g/mol. The Kier molecular flexibility index (Phi) is 7.68. The number of aliphatic imine (C=N–C) groups is 1. The smallest absolute Gasteiger partial charge is 0.236 e. The van der Waals surface area contributed by atoms with Crippen molar-refractivity contribution in [1.82, 2.24) is 20.0 Å². The van der Waals surface area contributed by atoms with Crippen molar-refractivity contribution in [1.29, 1.82) is 0 Å². The number of carbonyl (C=O) groups is 1. The molecule has 31 heavy (non-hydrogen) atoms. The van der Waals surface area contributed by atoms with Crippen LogP contribution in [0.3, 0.4) is 0 Å². The lowest BCUT2D eigenvalue weighted by Gasteiger charge is -2.57. The molecule has 5 rings (SSSR count). The zero-order valence-corrected chi connectivity index (χ0v) is 21.4. The highest BCUT2D eigenvalue weighted by Gasteiger charge is 2.65. The Balaban J connectivity index is 0.00000231. The van der Waals surface area contributed by atoms with Gasteiger partial charge in [-0.3, -0.25) is 14.7 Å². The summed E-state index contributed by atoms with van der Waals surface area (Å²) >= 11 is 0. The third kappa shape index (κ3) is 4.45. The van der Waals surface area contributed by atoms with Gasteiger partial charge in [0.2, 0.25) is 5.91 Å². The lowest BCUT2D eigenvalue weighted by Crippen LogP contribution is -2.70. The van der Waals surface area contributed by atoms with Crippen LogP contribution in [0.5, 0.6) is 0 Å². The third-order valence-electron chi connectivity index (χ3n) is 8.37. The Labute approximate surface area is 204 Å². The summed E-state index contributed by atoms with van der Waals surface area (Å²) in [5, 5.41) is 3.93. The third-order valence-corrected chi connectivity index (χ3v) is 8.37. The predicted molar refractivity (Wildman–Crippen MR) is 133 cm³/mol. The first-order valence-corrected chi connectivity index (χ1v) is 12.4. The first-order valence-electron chi connectivity index (χ1n) is 12.4. The molecule has 0 aromatic heterocycles. The highest BCUT2D eigenvalue weighted by Crippen LogP contribution is 2.60. The van der Waals surface area contributed by atoms with E-state index in [9.17, 15) is 4.79 Å². The second kappa shape index (κ2) is 10.1. The number of amides is 1. The van der Waals surface area contributed by atoms with E-state index < -0.39 is 0 Å². The molecule has 1 spiro atoms. The van der Waals surface area contributed by atoms with E-state index in [4.69, 9.17) is 9.73 Å². The maximum atomic E-state index is 12.5. The first kappa shape index (κ1) is 23.5. The molecule has 3 saturated heterocycles. The van der Waals surface area contributed by atoms with Gasteiger partial charge in [0.25, 0.3) is 0 Å². The van der Waals surface area contributed by atoms with Crippen LogP contribution in [-0.2, 0) is 9.53 Å². The molecular formula is C23H40IN5O2. The van der Waals surface area contributed by atoms with Crippen LogP contribution in [0.1, 0.15) is 51.9 Å². The van der Waals surface area contributed by atoms with Gasteiger partial charge in [0, 0.05) is 69.8 Å². The van der Waals surface area contributed by atoms with Crippen molar-refractivity contribution in [3.63, 3.8) is 0 Å². The number of ether oxygens (including phenoxy) is 1.